The first-order valence-electron chi connectivity index (χ1n) is 9.25. The summed E-state index contributed by atoms with van der Waals surface area (Å²) in [5, 5.41) is 1.09. The smallest absolute Gasteiger partial charge is 0.357 e. The Labute approximate surface area is 158 Å². The predicted octanol–water partition coefficient (Wildman–Crippen LogP) is 5.81. The number of nitrogens with one attached hydrogen (secondary N) is 1. The van der Waals surface area contributed by atoms with E-state index in [1.54, 1.807) is 6.92 Å². The van der Waals surface area contributed by atoms with Crippen molar-refractivity contribution in [2.75, 3.05) is 11.9 Å². The van der Waals surface area contributed by atoms with Crippen LogP contribution in [0.3, 0.4) is 0 Å². The number of hydrogen-bond donors (Lipinski definition) is 1. The maximum Gasteiger partial charge on any atom is 0.357 e. The highest BCUT2D eigenvalue weighted by molar-refractivity contribution is 9.09. The topological polar surface area (TPSA) is 59.2 Å². The third kappa shape index (κ3) is 8.17. The number of halogens is 2. The summed E-state index contributed by atoms with van der Waals surface area (Å²) in [6.45, 7) is 1.81. The van der Waals surface area contributed by atoms with E-state index < -0.39 is 11.8 Å². The standard InChI is InChI=1S/C19H29BrFNO3/c1-2-25-19(24)18-17(21)15(14-22-18)16(23)12-10-8-6-4-3-5-7-9-11-13-20/h14,22H,2-13H2,1H3. The monoisotopic (exact) mass is 417 g/mol. The lowest BCUT2D eigenvalue weighted by molar-refractivity contribution is 0.0515. The molecule has 0 saturated carbocycles. The molecule has 0 aliphatic rings. The van der Waals surface area contributed by atoms with Crippen molar-refractivity contribution in [3.05, 3.63) is 23.3 Å². The molecule has 0 bridgehead atoms. The van der Waals surface area contributed by atoms with Crippen LogP contribution in [-0.2, 0) is 4.74 Å². The summed E-state index contributed by atoms with van der Waals surface area (Å²) in [7, 11) is 0. The van der Waals surface area contributed by atoms with Crippen LogP contribution < -0.4 is 0 Å². The van der Waals surface area contributed by atoms with Crippen molar-refractivity contribution >= 4 is 27.7 Å². The second-order valence-corrected chi connectivity index (χ2v) is 6.95. The van der Waals surface area contributed by atoms with E-state index in [1.807, 2.05) is 0 Å². The van der Waals surface area contributed by atoms with Gasteiger partial charge in [-0.3, -0.25) is 4.79 Å². The largest absolute Gasteiger partial charge is 0.461 e. The van der Waals surface area contributed by atoms with Gasteiger partial charge in [-0.1, -0.05) is 60.9 Å². The number of esters is 1. The second kappa shape index (κ2) is 13.1. The summed E-state index contributed by atoms with van der Waals surface area (Å²) in [5.74, 6) is -1.83. The SMILES string of the molecule is CCOC(=O)c1[nH]cc(C(=O)CCCCCCCCCCCBr)c1F. The van der Waals surface area contributed by atoms with Crippen LogP contribution in [0.15, 0.2) is 6.20 Å². The number of rotatable bonds is 14. The van der Waals surface area contributed by atoms with Crippen LogP contribution >= 0.6 is 15.9 Å². The van der Waals surface area contributed by atoms with Crippen molar-refractivity contribution in [3.63, 3.8) is 0 Å². The Balaban J connectivity index is 2.20. The van der Waals surface area contributed by atoms with E-state index in [-0.39, 0.29) is 23.6 Å². The Bertz CT molecular complexity index is 531. The van der Waals surface area contributed by atoms with Gasteiger partial charge >= 0.3 is 5.97 Å². The first-order chi connectivity index (χ1) is 12.1. The van der Waals surface area contributed by atoms with Crippen molar-refractivity contribution < 1.29 is 18.7 Å². The molecule has 0 aromatic carbocycles. The normalized spacial score (nSPS) is 10.8. The number of H-pyrrole nitrogens is 1. The fourth-order valence-corrected chi connectivity index (χ4v) is 3.11. The molecule has 1 aromatic heterocycles. The molecule has 0 amide bonds. The number of unbranched alkanes of at least 4 members (excludes halogenated alkanes) is 8. The van der Waals surface area contributed by atoms with E-state index in [1.165, 1.54) is 44.7 Å². The first-order valence-corrected chi connectivity index (χ1v) is 10.4. The fourth-order valence-electron chi connectivity index (χ4n) is 2.71. The van der Waals surface area contributed by atoms with Crippen LogP contribution in [-0.4, -0.2) is 28.7 Å². The number of ketones is 1. The lowest BCUT2D eigenvalue weighted by Gasteiger charge is -2.02. The molecule has 1 aromatic rings. The first kappa shape index (κ1) is 21.9. The second-order valence-electron chi connectivity index (χ2n) is 6.16. The zero-order valence-corrected chi connectivity index (χ0v) is 16.6. The molecular formula is C19H29BrFNO3. The zero-order valence-electron chi connectivity index (χ0n) is 15.0. The molecule has 142 valence electrons. The van der Waals surface area contributed by atoms with Crippen molar-refractivity contribution in [2.24, 2.45) is 0 Å². The van der Waals surface area contributed by atoms with E-state index in [0.717, 1.165) is 24.6 Å². The Morgan fingerprint density at radius 3 is 2.16 bits per heavy atom. The summed E-state index contributed by atoms with van der Waals surface area (Å²) in [6, 6.07) is 0. The predicted molar refractivity (Wildman–Crippen MR) is 101 cm³/mol. The molecule has 25 heavy (non-hydrogen) atoms. The van der Waals surface area contributed by atoms with Crippen LogP contribution in [0.5, 0.6) is 0 Å². The van der Waals surface area contributed by atoms with Gasteiger partial charge in [0.15, 0.2) is 17.3 Å². The molecule has 0 aliphatic heterocycles. The molecule has 0 aliphatic carbocycles. The molecule has 0 radical (unpaired) electrons. The number of alkyl halides is 1. The van der Waals surface area contributed by atoms with Crippen LogP contribution in [0.2, 0.25) is 0 Å². The van der Waals surface area contributed by atoms with E-state index in [0.29, 0.717) is 6.42 Å². The molecule has 4 nitrogen and oxygen atoms in total. The molecule has 0 atom stereocenters. The highest BCUT2D eigenvalue weighted by atomic mass is 79.9. The lowest BCUT2D eigenvalue weighted by atomic mass is 10.0. The summed E-state index contributed by atoms with van der Waals surface area (Å²) < 4.78 is 18.8. The van der Waals surface area contributed by atoms with Crippen LogP contribution in [0.25, 0.3) is 0 Å². The molecule has 0 fully saturated rings. The Kier molecular flexibility index (Phi) is 11.5. The zero-order chi connectivity index (χ0) is 18.5. The van der Waals surface area contributed by atoms with Crippen molar-refractivity contribution in [3.8, 4) is 0 Å². The van der Waals surface area contributed by atoms with Gasteiger partial charge in [0.05, 0.1) is 12.2 Å². The van der Waals surface area contributed by atoms with Gasteiger partial charge in [-0.15, -0.1) is 0 Å². The molecular weight excluding hydrogens is 389 g/mol. The highest BCUT2D eigenvalue weighted by Crippen LogP contribution is 2.17. The van der Waals surface area contributed by atoms with Gasteiger partial charge in [0, 0.05) is 17.9 Å². The summed E-state index contributed by atoms with van der Waals surface area (Å²) >= 11 is 3.43. The van der Waals surface area contributed by atoms with Crippen LogP contribution in [0.4, 0.5) is 4.39 Å². The van der Waals surface area contributed by atoms with E-state index in [4.69, 9.17) is 4.74 Å². The van der Waals surface area contributed by atoms with Crippen molar-refractivity contribution in [1.82, 2.24) is 4.98 Å². The molecule has 6 heteroatoms. The number of ether oxygens (including phenoxy) is 1. The molecule has 1 N–H and O–H groups in total. The Morgan fingerprint density at radius 1 is 1.04 bits per heavy atom. The number of aromatic nitrogens is 1. The maximum absolute atomic E-state index is 14.1. The average Bonchev–Trinajstić information content (AvgIpc) is 2.98. The Morgan fingerprint density at radius 2 is 1.60 bits per heavy atom. The minimum Gasteiger partial charge on any atom is -0.461 e. The lowest BCUT2D eigenvalue weighted by Crippen LogP contribution is -2.08. The van der Waals surface area contributed by atoms with Gasteiger partial charge in [-0.25, -0.2) is 9.18 Å². The molecule has 0 spiro atoms. The van der Waals surface area contributed by atoms with E-state index in [9.17, 15) is 14.0 Å². The Hall–Kier alpha value is -1.17. The minimum absolute atomic E-state index is 0.0464. The molecule has 0 unspecified atom stereocenters. The van der Waals surface area contributed by atoms with Gasteiger partial charge in [-0.05, 0) is 19.8 Å². The van der Waals surface area contributed by atoms with Crippen LogP contribution in [0.1, 0.15) is 92.0 Å². The third-order valence-electron chi connectivity index (χ3n) is 4.13. The van der Waals surface area contributed by atoms with Gasteiger partial charge in [0.1, 0.15) is 0 Å². The van der Waals surface area contributed by atoms with Gasteiger partial charge in [-0.2, -0.15) is 0 Å². The number of aromatic amines is 1. The van der Waals surface area contributed by atoms with Gasteiger partial charge in [0.25, 0.3) is 0 Å². The van der Waals surface area contributed by atoms with Gasteiger partial charge < -0.3 is 9.72 Å². The summed E-state index contributed by atoms with van der Waals surface area (Å²) in [6.07, 6.45) is 11.9. The average molecular weight is 418 g/mol. The molecule has 0 saturated heterocycles. The molecule has 1 heterocycles. The minimum atomic E-state index is -0.799. The van der Waals surface area contributed by atoms with Gasteiger partial charge in [0.2, 0.25) is 0 Å². The maximum atomic E-state index is 14.1. The number of carbonyl (C=O) groups is 2. The van der Waals surface area contributed by atoms with E-state index in [2.05, 4.69) is 20.9 Å². The summed E-state index contributed by atoms with van der Waals surface area (Å²) in [4.78, 5) is 26.1. The number of carbonyl (C=O) groups excluding carboxylic acids is 2. The highest BCUT2D eigenvalue weighted by Gasteiger charge is 2.22. The third-order valence-corrected chi connectivity index (χ3v) is 4.69. The van der Waals surface area contributed by atoms with Crippen LogP contribution in [0, 0.1) is 5.82 Å². The fraction of sp³-hybridized carbons (Fsp3) is 0.684. The molecule has 1 rings (SSSR count). The van der Waals surface area contributed by atoms with E-state index >= 15 is 0 Å². The number of Topliss-reactive ketones (excluding diaryl/α,β-unsaturated/α-hetero) is 1. The summed E-state index contributed by atoms with van der Waals surface area (Å²) in [5.41, 5.74) is -0.319. The van der Waals surface area contributed by atoms with Crippen molar-refractivity contribution in [2.45, 2.75) is 71.1 Å². The quantitative estimate of drug-likeness (QED) is 0.180. The number of hydrogen-bond acceptors (Lipinski definition) is 3. The van der Waals surface area contributed by atoms with Crippen molar-refractivity contribution in [1.29, 1.82) is 0 Å².